The quantitative estimate of drug-likeness (QED) is 0.829. The number of anilines is 1. The fourth-order valence-corrected chi connectivity index (χ4v) is 2.24. The molecule has 2 rings (SSSR count). The molecule has 0 radical (unpaired) electrons. The third kappa shape index (κ3) is 2.44. The molecule has 0 aliphatic carbocycles. The number of carbonyl (C=O) groups excluding carboxylic acids is 1. The van der Waals surface area contributed by atoms with E-state index in [1.807, 2.05) is 0 Å². The molecule has 0 saturated carbocycles. The molecule has 2 N–H and O–H groups in total. The minimum absolute atomic E-state index is 0.0904. The van der Waals surface area contributed by atoms with Gasteiger partial charge in [0, 0.05) is 13.1 Å². The van der Waals surface area contributed by atoms with Crippen LogP contribution in [0.25, 0.3) is 0 Å². The Hall–Kier alpha value is -1.65. The summed E-state index contributed by atoms with van der Waals surface area (Å²) < 4.78 is 13.1. The predicted octanol–water partition coefficient (Wildman–Crippen LogP) is 1.92. The molecule has 1 aliphatic heterocycles. The number of nitrogens with zero attached hydrogens (tertiary/aromatic N) is 2. The maximum atomic E-state index is 13.1. The fraction of sp³-hybridized carbons (Fsp3) is 0.538. The van der Waals surface area contributed by atoms with Crippen molar-refractivity contribution in [3.8, 4) is 0 Å². The molecule has 1 saturated heterocycles. The summed E-state index contributed by atoms with van der Waals surface area (Å²) >= 11 is 0. The van der Waals surface area contributed by atoms with Crippen molar-refractivity contribution < 1.29 is 9.18 Å². The van der Waals surface area contributed by atoms with Gasteiger partial charge in [-0.2, -0.15) is 0 Å². The van der Waals surface area contributed by atoms with E-state index >= 15 is 0 Å². The van der Waals surface area contributed by atoms with Crippen LogP contribution in [0, 0.1) is 17.7 Å². The zero-order chi connectivity index (χ0) is 13.3. The molecule has 2 atom stereocenters. The topological polar surface area (TPSA) is 59.2 Å². The van der Waals surface area contributed by atoms with Crippen molar-refractivity contribution in [2.24, 2.45) is 11.8 Å². The van der Waals surface area contributed by atoms with Gasteiger partial charge in [0.1, 0.15) is 11.6 Å². The van der Waals surface area contributed by atoms with Crippen molar-refractivity contribution in [3.05, 3.63) is 23.6 Å². The molecule has 1 aromatic rings. The Bertz CT molecular complexity index is 464. The van der Waals surface area contributed by atoms with E-state index in [9.17, 15) is 9.18 Å². The number of likely N-dealkylation sites (tertiary alicyclic amines) is 1. The minimum Gasteiger partial charge on any atom is -0.383 e. The maximum absolute atomic E-state index is 13.1. The second kappa shape index (κ2) is 4.92. The lowest BCUT2D eigenvalue weighted by atomic mass is 9.88. The van der Waals surface area contributed by atoms with Crippen LogP contribution in [-0.2, 0) is 0 Å². The highest BCUT2D eigenvalue weighted by atomic mass is 19.1. The van der Waals surface area contributed by atoms with Crippen LogP contribution in [0.5, 0.6) is 0 Å². The number of halogens is 1. The fourth-order valence-electron chi connectivity index (χ4n) is 2.24. The van der Waals surface area contributed by atoms with Gasteiger partial charge in [-0.25, -0.2) is 9.37 Å². The smallest absolute Gasteiger partial charge is 0.257 e. The summed E-state index contributed by atoms with van der Waals surface area (Å²) in [5, 5.41) is 0. The number of hydrogen-bond donors (Lipinski definition) is 1. The van der Waals surface area contributed by atoms with Gasteiger partial charge in [-0.05, 0) is 24.3 Å². The molecule has 1 amide bonds. The lowest BCUT2D eigenvalue weighted by Gasteiger charge is -2.35. The van der Waals surface area contributed by atoms with Gasteiger partial charge in [0.05, 0.1) is 11.8 Å². The van der Waals surface area contributed by atoms with E-state index in [-0.39, 0.29) is 17.3 Å². The molecular formula is C13H18FN3O. The molecule has 0 bridgehead atoms. The summed E-state index contributed by atoms with van der Waals surface area (Å²) in [6, 6.07) is 1.16. The van der Waals surface area contributed by atoms with E-state index in [1.54, 1.807) is 4.90 Å². The van der Waals surface area contributed by atoms with Gasteiger partial charge in [0.15, 0.2) is 0 Å². The van der Waals surface area contributed by atoms with Crippen LogP contribution in [0.1, 0.15) is 30.6 Å². The summed E-state index contributed by atoms with van der Waals surface area (Å²) in [6.07, 6.45) is 1.99. The van der Waals surface area contributed by atoms with Gasteiger partial charge in [-0.15, -0.1) is 0 Å². The Morgan fingerprint density at radius 1 is 1.50 bits per heavy atom. The number of piperidine rings is 1. The van der Waals surface area contributed by atoms with Crippen LogP contribution in [0.15, 0.2) is 12.3 Å². The van der Waals surface area contributed by atoms with Crippen molar-refractivity contribution in [2.75, 3.05) is 18.8 Å². The third-order valence-electron chi connectivity index (χ3n) is 3.74. The molecule has 18 heavy (non-hydrogen) atoms. The number of amides is 1. The number of rotatable bonds is 1. The lowest BCUT2D eigenvalue weighted by molar-refractivity contribution is 0.0627. The number of nitrogen functional groups attached to an aromatic ring is 1. The maximum Gasteiger partial charge on any atom is 0.257 e. The molecule has 4 nitrogen and oxygen atoms in total. The largest absolute Gasteiger partial charge is 0.383 e. The van der Waals surface area contributed by atoms with Gasteiger partial charge in [0.2, 0.25) is 0 Å². The normalized spacial score (nSPS) is 24.1. The van der Waals surface area contributed by atoms with Crippen molar-refractivity contribution in [1.82, 2.24) is 9.88 Å². The van der Waals surface area contributed by atoms with Crippen molar-refractivity contribution >= 4 is 11.7 Å². The Balaban J connectivity index is 2.19. The van der Waals surface area contributed by atoms with Gasteiger partial charge in [-0.1, -0.05) is 13.8 Å². The second-order valence-corrected chi connectivity index (χ2v) is 5.08. The van der Waals surface area contributed by atoms with Gasteiger partial charge >= 0.3 is 0 Å². The number of nitrogens with two attached hydrogens (primary N) is 1. The van der Waals surface area contributed by atoms with Gasteiger partial charge in [-0.3, -0.25) is 4.79 Å². The molecule has 1 aromatic heterocycles. The Labute approximate surface area is 106 Å². The molecule has 1 fully saturated rings. The summed E-state index contributed by atoms with van der Waals surface area (Å²) in [5.41, 5.74) is 5.80. The number of pyridine rings is 1. The first-order chi connectivity index (χ1) is 8.49. The van der Waals surface area contributed by atoms with Gasteiger partial charge < -0.3 is 10.6 Å². The van der Waals surface area contributed by atoms with E-state index in [2.05, 4.69) is 18.8 Å². The van der Waals surface area contributed by atoms with Crippen molar-refractivity contribution in [1.29, 1.82) is 0 Å². The summed E-state index contributed by atoms with van der Waals surface area (Å²) in [5.74, 6) is 0.388. The SMILES string of the molecule is CC1CCN(C(=O)c2cc(F)cnc2N)CC1C. The average molecular weight is 251 g/mol. The molecule has 5 heteroatoms. The number of aromatic nitrogens is 1. The molecule has 0 spiro atoms. The van der Waals surface area contributed by atoms with E-state index in [0.29, 0.717) is 24.9 Å². The van der Waals surface area contributed by atoms with E-state index in [4.69, 9.17) is 5.73 Å². The highest BCUT2D eigenvalue weighted by molar-refractivity contribution is 5.98. The zero-order valence-corrected chi connectivity index (χ0v) is 10.7. The average Bonchev–Trinajstić information content (AvgIpc) is 2.35. The monoisotopic (exact) mass is 251 g/mol. The number of carbonyl (C=O) groups is 1. The van der Waals surface area contributed by atoms with Crippen LogP contribution >= 0.6 is 0 Å². The highest BCUT2D eigenvalue weighted by Crippen LogP contribution is 2.24. The standard InChI is InChI=1S/C13H18FN3O/c1-8-3-4-17(7-9(8)2)13(18)11-5-10(14)6-16-12(11)15/h5-6,8-9H,3-4,7H2,1-2H3,(H2,15,16). The highest BCUT2D eigenvalue weighted by Gasteiger charge is 2.27. The Kier molecular flexibility index (Phi) is 3.50. The zero-order valence-electron chi connectivity index (χ0n) is 10.7. The third-order valence-corrected chi connectivity index (χ3v) is 3.74. The van der Waals surface area contributed by atoms with Crippen LogP contribution < -0.4 is 5.73 Å². The summed E-state index contributed by atoms with van der Waals surface area (Å²) in [7, 11) is 0. The van der Waals surface area contributed by atoms with Gasteiger partial charge in [0.25, 0.3) is 5.91 Å². The van der Waals surface area contributed by atoms with E-state index in [1.165, 1.54) is 0 Å². The molecule has 2 heterocycles. The minimum atomic E-state index is -0.536. The van der Waals surface area contributed by atoms with Crippen molar-refractivity contribution in [2.45, 2.75) is 20.3 Å². The molecular weight excluding hydrogens is 233 g/mol. The predicted molar refractivity (Wildman–Crippen MR) is 67.5 cm³/mol. The van der Waals surface area contributed by atoms with E-state index in [0.717, 1.165) is 18.7 Å². The Morgan fingerprint density at radius 2 is 2.22 bits per heavy atom. The van der Waals surface area contributed by atoms with E-state index < -0.39 is 5.82 Å². The first-order valence-corrected chi connectivity index (χ1v) is 6.19. The summed E-state index contributed by atoms with van der Waals surface area (Å²) in [4.78, 5) is 17.7. The Morgan fingerprint density at radius 3 is 2.89 bits per heavy atom. The van der Waals surface area contributed by atoms with Crippen LogP contribution in [-0.4, -0.2) is 28.9 Å². The second-order valence-electron chi connectivity index (χ2n) is 5.08. The van der Waals surface area contributed by atoms with Crippen LogP contribution in [0.3, 0.4) is 0 Å². The molecule has 0 aromatic carbocycles. The lowest BCUT2D eigenvalue weighted by Crippen LogP contribution is -2.42. The first kappa shape index (κ1) is 12.8. The molecule has 1 aliphatic rings. The number of hydrogen-bond acceptors (Lipinski definition) is 3. The van der Waals surface area contributed by atoms with Crippen LogP contribution in [0.4, 0.5) is 10.2 Å². The molecule has 2 unspecified atom stereocenters. The van der Waals surface area contributed by atoms with Crippen LogP contribution in [0.2, 0.25) is 0 Å². The summed E-state index contributed by atoms with van der Waals surface area (Å²) in [6.45, 7) is 5.69. The first-order valence-electron chi connectivity index (χ1n) is 6.19. The van der Waals surface area contributed by atoms with Crippen molar-refractivity contribution in [3.63, 3.8) is 0 Å². The molecule has 98 valence electrons.